The van der Waals surface area contributed by atoms with Crippen LogP contribution in [0.4, 0.5) is 13.2 Å². The zero-order chi connectivity index (χ0) is 12.2. The summed E-state index contributed by atoms with van der Waals surface area (Å²) in [5.41, 5.74) is 0. The van der Waals surface area contributed by atoms with Gasteiger partial charge in [-0.25, -0.2) is 0 Å². The second-order valence-corrected chi connectivity index (χ2v) is 4.48. The zero-order valence-electron chi connectivity index (χ0n) is 9.69. The molecule has 0 aromatic heterocycles. The fourth-order valence-electron chi connectivity index (χ4n) is 2.53. The van der Waals surface area contributed by atoms with Gasteiger partial charge in [-0.3, -0.25) is 0 Å². The third-order valence-corrected chi connectivity index (χ3v) is 3.38. The van der Waals surface area contributed by atoms with E-state index >= 15 is 0 Å². The lowest BCUT2D eigenvalue weighted by Gasteiger charge is -2.34. The number of hydrogen-bond donors (Lipinski definition) is 1. The van der Waals surface area contributed by atoms with Crippen molar-refractivity contribution in [2.75, 3.05) is 6.54 Å². The van der Waals surface area contributed by atoms with Gasteiger partial charge in [0.25, 0.3) is 0 Å². The van der Waals surface area contributed by atoms with E-state index in [4.69, 9.17) is 0 Å². The predicted octanol–water partition coefficient (Wildman–Crippen LogP) is 3.52. The lowest BCUT2D eigenvalue weighted by molar-refractivity contribution is -0.186. The van der Waals surface area contributed by atoms with E-state index in [9.17, 15) is 13.2 Å². The summed E-state index contributed by atoms with van der Waals surface area (Å²) in [4.78, 5) is 0. The molecular formula is C12H20F3N. The molecule has 16 heavy (non-hydrogen) atoms. The van der Waals surface area contributed by atoms with E-state index < -0.39 is 12.1 Å². The summed E-state index contributed by atoms with van der Waals surface area (Å²) in [7, 11) is 0. The third kappa shape index (κ3) is 3.51. The monoisotopic (exact) mass is 235 g/mol. The molecule has 1 nitrogen and oxygen atoms in total. The van der Waals surface area contributed by atoms with E-state index in [0.717, 1.165) is 13.0 Å². The van der Waals surface area contributed by atoms with E-state index in [1.807, 2.05) is 6.92 Å². The van der Waals surface area contributed by atoms with Crippen molar-refractivity contribution in [2.24, 2.45) is 11.8 Å². The molecule has 1 N–H and O–H groups in total. The highest BCUT2D eigenvalue weighted by molar-refractivity contribution is 4.94. The summed E-state index contributed by atoms with van der Waals surface area (Å²) in [5, 5.41) is 3.19. The van der Waals surface area contributed by atoms with Crippen molar-refractivity contribution >= 4 is 0 Å². The van der Waals surface area contributed by atoms with Gasteiger partial charge < -0.3 is 5.32 Å². The average Bonchev–Trinajstić information content (AvgIpc) is 2.25. The van der Waals surface area contributed by atoms with Gasteiger partial charge in [0.05, 0.1) is 5.92 Å². The molecule has 3 unspecified atom stereocenters. The Labute approximate surface area is 95.1 Å². The Hall–Kier alpha value is -0.510. The Bertz CT molecular complexity index is 225. The second kappa shape index (κ2) is 5.71. The number of alkyl halides is 3. The Kier molecular flexibility index (Phi) is 4.84. The summed E-state index contributed by atoms with van der Waals surface area (Å²) in [5.74, 6) is -1.04. The molecule has 0 spiro atoms. The highest BCUT2D eigenvalue weighted by Crippen LogP contribution is 2.40. The van der Waals surface area contributed by atoms with Gasteiger partial charge in [-0.15, -0.1) is 6.58 Å². The van der Waals surface area contributed by atoms with Gasteiger partial charge in [-0.1, -0.05) is 19.4 Å². The summed E-state index contributed by atoms with van der Waals surface area (Å²) in [6.07, 6.45) is -0.215. The van der Waals surface area contributed by atoms with E-state index in [-0.39, 0.29) is 24.8 Å². The van der Waals surface area contributed by atoms with E-state index in [2.05, 4.69) is 11.9 Å². The van der Waals surface area contributed by atoms with Crippen molar-refractivity contribution in [1.29, 1.82) is 0 Å². The van der Waals surface area contributed by atoms with Crippen LogP contribution in [-0.4, -0.2) is 18.8 Å². The van der Waals surface area contributed by atoms with Gasteiger partial charge in [0.1, 0.15) is 0 Å². The van der Waals surface area contributed by atoms with Crippen molar-refractivity contribution in [2.45, 2.75) is 44.8 Å². The average molecular weight is 235 g/mol. The Morgan fingerprint density at radius 2 is 2.12 bits per heavy atom. The predicted molar refractivity (Wildman–Crippen MR) is 59.2 cm³/mol. The molecule has 4 heteroatoms. The van der Waals surface area contributed by atoms with Crippen LogP contribution < -0.4 is 5.32 Å². The molecule has 1 aliphatic carbocycles. The second-order valence-electron chi connectivity index (χ2n) is 4.48. The van der Waals surface area contributed by atoms with Crippen LogP contribution in [0.3, 0.4) is 0 Å². The largest absolute Gasteiger partial charge is 0.391 e. The summed E-state index contributed by atoms with van der Waals surface area (Å²) in [6, 6.07) is 0.0233. The quantitative estimate of drug-likeness (QED) is 0.735. The molecule has 0 radical (unpaired) electrons. The Morgan fingerprint density at radius 1 is 1.44 bits per heavy atom. The highest BCUT2D eigenvalue weighted by Gasteiger charge is 2.43. The minimum atomic E-state index is -4.03. The van der Waals surface area contributed by atoms with Crippen molar-refractivity contribution in [3.8, 4) is 0 Å². The fourth-order valence-corrected chi connectivity index (χ4v) is 2.53. The first kappa shape index (κ1) is 13.6. The maximum Gasteiger partial charge on any atom is 0.391 e. The van der Waals surface area contributed by atoms with Crippen LogP contribution in [0.5, 0.6) is 0 Å². The van der Waals surface area contributed by atoms with Gasteiger partial charge in [0, 0.05) is 6.04 Å². The van der Waals surface area contributed by atoms with Crippen molar-refractivity contribution < 1.29 is 13.2 Å². The molecular weight excluding hydrogens is 215 g/mol. The van der Waals surface area contributed by atoms with Gasteiger partial charge >= 0.3 is 6.18 Å². The van der Waals surface area contributed by atoms with Crippen LogP contribution in [0.15, 0.2) is 12.7 Å². The van der Waals surface area contributed by atoms with Gasteiger partial charge in [-0.2, -0.15) is 13.2 Å². The maximum absolute atomic E-state index is 12.6. The lowest BCUT2D eigenvalue weighted by Crippen LogP contribution is -2.39. The summed E-state index contributed by atoms with van der Waals surface area (Å²) in [6.45, 7) is 6.42. The van der Waals surface area contributed by atoms with Crippen molar-refractivity contribution in [3.63, 3.8) is 0 Å². The molecule has 1 fully saturated rings. The smallest absolute Gasteiger partial charge is 0.311 e. The van der Waals surface area contributed by atoms with Gasteiger partial charge in [-0.05, 0) is 31.7 Å². The maximum atomic E-state index is 12.6. The summed E-state index contributed by atoms with van der Waals surface area (Å²) >= 11 is 0. The zero-order valence-corrected chi connectivity index (χ0v) is 9.69. The SMILES string of the molecule is C=CC(NCC)C1CCCC(C(F)(F)F)C1. The van der Waals surface area contributed by atoms with Gasteiger partial charge in [0.15, 0.2) is 0 Å². The number of likely N-dealkylation sites (N-methyl/N-ethyl adjacent to an activating group) is 1. The molecule has 0 aromatic rings. The molecule has 0 bridgehead atoms. The normalized spacial score (nSPS) is 28.8. The van der Waals surface area contributed by atoms with E-state index in [1.54, 1.807) is 6.08 Å². The molecule has 3 atom stereocenters. The first-order valence-corrected chi connectivity index (χ1v) is 5.91. The first-order valence-electron chi connectivity index (χ1n) is 5.91. The minimum Gasteiger partial charge on any atom is -0.311 e. The van der Waals surface area contributed by atoms with Gasteiger partial charge in [0.2, 0.25) is 0 Å². The summed E-state index contributed by atoms with van der Waals surface area (Å²) < 4.78 is 37.9. The third-order valence-electron chi connectivity index (χ3n) is 3.38. The molecule has 0 heterocycles. The molecule has 0 amide bonds. The van der Waals surface area contributed by atoms with Crippen LogP contribution in [0.25, 0.3) is 0 Å². The van der Waals surface area contributed by atoms with Crippen molar-refractivity contribution in [3.05, 3.63) is 12.7 Å². The van der Waals surface area contributed by atoms with Crippen molar-refractivity contribution in [1.82, 2.24) is 5.32 Å². The standard InChI is InChI=1S/C12H20F3N/c1-3-11(16-4-2)9-6-5-7-10(8-9)12(13,14)15/h3,9-11,16H,1,4-8H2,2H3. The molecule has 1 saturated carbocycles. The first-order chi connectivity index (χ1) is 7.49. The minimum absolute atomic E-state index is 0.0233. The van der Waals surface area contributed by atoms with Crippen LogP contribution in [0.2, 0.25) is 0 Å². The molecule has 0 aliphatic heterocycles. The van der Waals surface area contributed by atoms with Crippen LogP contribution in [-0.2, 0) is 0 Å². The lowest BCUT2D eigenvalue weighted by atomic mass is 9.77. The molecule has 94 valence electrons. The molecule has 0 saturated heterocycles. The fraction of sp³-hybridized carbons (Fsp3) is 0.833. The highest BCUT2D eigenvalue weighted by atomic mass is 19.4. The van der Waals surface area contributed by atoms with E-state index in [0.29, 0.717) is 6.42 Å². The number of nitrogens with one attached hydrogen (secondary N) is 1. The Morgan fingerprint density at radius 3 is 2.62 bits per heavy atom. The number of halogens is 3. The van der Waals surface area contributed by atoms with Crippen LogP contribution in [0.1, 0.15) is 32.6 Å². The molecule has 1 rings (SSSR count). The molecule has 0 aromatic carbocycles. The Balaban J connectivity index is 2.58. The van der Waals surface area contributed by atoms with E-state index in [1.165, 1.54) is 0 Å². The number of hydrogen-bond acceptors (Lipinski definition) is 1. The molecule has 1 aliphatic rings. The number of rotatable bonds is 4. The van der Waals surface area contributed by atoms with Crippen LogP contribution >= 0.6 is 0 Å². The van der Waals surface area contributed by atoms with Crippen LogP contribution in [0, 0.1) is 11.8 Å². The topological polar surface area (TPSA) is 12.0 Å².